The number of rotatable bonds is 7. The lowest BCUT2D eigenvalue weighted by Crippen LogP contribution is -2.56. The Morgan fingerprint density at radius 2 is 1.85 bits per heavy atom. The molecular formula is C13H21N3O4. The van der Waals surface area contributed by atoms with Crippen molar-refractivity contribution >= 4 is 17.9 Å². The number of aliphatic carboxylic acids is 1. The van der Waals surface area contributed by atoms with Gasteiger partial charge < -0.3 is 21.1 Å². The first-order valence-corrected chi connectivity index (χ1v) is 7.00. The van der Waals surface area contributed by atoms with Gasteiger partial charge in [0, 0.05) is 19.0 Å². The second-order valence-corrected chi connectivity index (χ2v) is 5.75. The van der Waals surface area contributed by atoms with E-state index in [1.165, 1.54) is 6.92 Å². The van der Waals surface area contributed by atoms with Gasteiger partial charge in [-0.25, -0.2) is 9.59 Å². The first-order valence-electron chi connectivity index (χ1n) is 7.00. The van der Waals surface area contributed by atoms with Gasteiger partial charge in [-0.3, -0.25) is 4.79 Å². The van der Waals surface area contributed by atoms with Gasteiger partial charge in [-0.1, -0.05) is 0 Å². The van der Waals surface area contributed by atoms with E-state index in [9.17, 15) is 19.5 Å². The summed E-state index contributed by atoms with van der Waals surface area (Å²) in [6, 6.07) is -0.234. The third kappa shape index (κ3) is 3.85. The molecule has 0 radical (unpaired) electrons. The van der Waals surface area contributed by atoms with E-state index in [-0.39, 0.29) is 24.8 Å². The fourth-order valence-electron chi connectivity index (χ4n) is 2.09. The molecule has 4 N–H and O–H groups in total. The van der Waals surface area contributed by atoms with E-state index >= 15 is 0 Å². The van der Waals surface area contributed by atoms with Gasteiger partial charge in [-0.05, 0) is 38.5 Å². The highest BCUT2D eigenvalue weighted by Gasteiger charge is 2.48. The van der Waals surface area contributed by atoms with Crippen LogP contribution in [0.25, 0.3) is 0 Å². The molecule has 2 aliphatic rings. The van der Waals surface area contributed by atoms with Crippen LogP contribution in [0.3, 0.4) is 0 Å². The summed E-state index contributed by atoms with van der Waals surface area (Å²) < 4.78 is 0. The van der Waals surface area contributed by atoms with Crippen molar-refractivity contribution in [2.45, 2.75) is 50.6 Å². The summed E-state index contributed by atoms with van der Waals surface area (Å²) in [5.74, 6) is -1.12. The molecule has 2 aliphatic carbocycles. The van der Waals surface area contributed by atoms with Crippen molar-refractivity contribution in [3.8, 4) is 0 Å². The van der Waals surface area contributed by atoms with Gasteiger partial charge in [0.1, 0.15) is 5.54 Å². The van der Waals surface area contributed by atoms with E-state index in [0.29, 0.717) is 6.04 Å². The van der Waals surface area contributed by atoms with Gasteiger partial charge in [0.05, 0.1) is 0 Å². The number of hydrogen-bond donors (Lipinski definition) is 4. The minimum absolute atomic E-state index is 0.0103. The molecule has 1 unspecified atom stereocenters. The van der Waals surface area contributed by atoms with Crippen LogP contribution < -0.4 is 16.0 Å². The zero-order valence-electron chi connectivity index (χ0n) is 11.6. The molecule has 0 aliphatic heterocycles. The third-order valence-electron chi connectivity index (χ3n) is 3.79. The highest BCUT2D eigenvalue weighted by molar-refractivity contribution is 5.86. The predicted octanol–water partition coefficient (Wildman–Crippen LogP) is 0.208. The van der Waals surface area contributed by atoms with Crippen LogP contribution in [0.15, 0.2) is 0 Å². The van der Waals surface area contributed by atoms with Gasteiger partial charge >= 0.3 is 12.0 Å². The molecule has 1 atom stereocenters. The minimum Gasteiger partial charge on any atom is -0.480 e. The van der Waals surface area contributed by atoms with Crippen LogP contribution in [0.2, 0.25) is 0 Å². The summed E-state index contributed by atoms with van der Waals surface area (Å²) >= 11 is 0. The fourth-order valence-corrected chi connectivity index (χ4v) is 2.09. The average Bonchev–Trinajstić information content (AvgIpc) is 3.22. The van der Waals surface area contributed by atoms with Crippen LogP contribution in [0.5, 0.6) is 0 Å². The second-order valence-electron chi connectivity index (χ2n) is 5.75. The number of amides is 3. The predicted molar refractivity (Wildman–Crippen MR) is 71.1 cm³/mol. The fraction of sp³-hybridized carbons (Fsp3) is 0.769. The van der Waals surface area contributed by atoms with Gasteiger partial charge in [-0.2, -0.15) is 0 Å². The number of urea groups is 1. The quantitative estimate of drug-likeness (QED) is 0.535. The smallest absolute Gasteiger partial charge is 0.329 e. The van der Waals surface area contributed by atoms with Crippen molar-refractivity contribution in [1.82, 2.24) is 16.0 Å². The number of carbonyl (C=O) groups is 3. The molecule has 0 aromatic carbocycles. The molecular weight excluding hydrogens is 262 g/mol. The monoisotopic (exact) mass is 283 g/mol. The van der Waals surface area contributed by atoms with Crippen molar-refractivity contribution in [2.24, 2.45) is 5.92 Å². The zero-order chi connectivity index (χ0) is 14.8. The molecule has 2 saturated carbocycles. The maximum absolute atomic E-state index is 11.7. The molecule has 0 spiro atoms. The second kappa shape index (κ2) is 5.68. The highest BCUT2D eigenvalue weighted by atomic mass is 16.4. The topological polar surface area (TPSA) is 108 Å². The van der Waals surface area contributed by atoms with Crippen molar-refractivity contribution in [3.63, 3.8) is 0 Å². The SMILES string of the molecule is CC(NC(=O)NCCC(=O)NC1CC1)(C(=O)O)C1CC1. The van der Waals surface area contributed by atoms with Crippen molar-refractivity contribution in [3.05, 3.63) is 0 Å². The third-order valence-corrected chi connectivity index (χ3v) is 3.79. The molecule has 0 bridgehead atoms. The Labute approximate surface area is 117 Å². The standard InChI is InChI=1S/C13H21N3O4/c1-13(11(18)19,8-2-3-8)16-12(20)14-7-6-10(17)15-9-4-5-9/h8-9H,2-7H2,1H3,(H,15,17)(H,18,19)(H2,14,16,20). The van der Waals surface area contributed by atoms with E-state index in [1.807, 2.05) is 0 Å². The first-order chi connectivity index (χ1) is 9.41. The molecule has 7 heteroatoms. The molecule has 2 fully saturated rings. The van der Waals surface area contributed by atoms with E-state index < -0.39 is 17.5 Å². The first kappa shape index (κ1) is 14.6. The van der Waals surface area contributed by atoms with E-state index in [1.54, 1.807) is 0 Å². The zero-order valence-corrected chi connectivity index (χ0v) is 11.6. The van der Waals surface area contributed by atoms with E-state index in [4.69, 9.17) is 0 Å². The lowest BCUT2D eigenvalue weighted by atomic mass is 9.96. The Morgan fingerprint density at radius 3 is 2.35 bits per heavy atom. The van der Waals surface area contributed by atoms with Crippen molar-refractivity contribution < 1.29 is 19.5 Å². The molecule has 112 valence electrons. The summed E-state index contributed by atoms with van der Waals surface area (Å²) in [6.07, 6.45) is 3.88. The molecule has 7 nitrogen and oxygen atoms in total. The molecule has 0 saturated heterocycles. The van der Waals surface area contributed by atoms with Crippen LogP contribution in [-0.2, 0) is 9.59 Å². The number of carbonyl (C=O) groups excluding carboxylic acids is 2. The molecule has 0 aromatic heterocycles. The normalized spacial score (nSPS) is 20.6. The molecule has 0 aromatic rings. The van der Waals surface area contributed by atoms with E-state index in [0.717, 1.165) is 25.7 Å². The minimum atomic E-state index is -1.22. The number of nitrogens with one attached hydrogen (secondary N) is 3. The molecule has 3 amide bonds. The highest BCUT2D eigenvalue weighted by Crippen LogP contribution is 2.39. The average molecular weight is 283 g/mol. The van der Waals surface area contributed by atoms with Gasteiger partial charge in [0.15, 0.2) is 0 Å². The summed E-state index contributed by atoms with van der Waals surface area (Å²) in [5, 5.41) is 17.0. The lowest BCUT2D eigenvalue weighted by molar-refractivity contribution is -0.144. The van der Waals surface area contributed by atoms with Crippen LogP contribution >= 0.6 is 0 Å². The van der Waals surface area contributed by atoms with Crippen molar-refractivity contribution in [1.29, 1.82) is 0 Å². The van der Waals surface area contributed by atoms with E-state index in [2.05, 4.69) is 16.0 Å². The molecule has 2 rings (SSSR count). The van der Waals surface area contributed by atoms with Gasteiger partial charge in [0.2, 0.25) is 5.91 Å². The van der Waals surface area contributed by atoms with Crippen LogP contribution in [0.1, 0.15) is 39.0 Å². The Hall–Kier alpha value is -1.79. The molecule has 20 heavy (non-hydrogen) atoms. The Balaban J connectivity index is 1.68. The maximum atomic E-state index is 11.7. The van der Waals surface area contributed by atoms with Gasteiger partial charge in [-0.15, -0.1) is 0 Å². The van der Waals surface area contributed by atoms with Crippen LogP contribution in [-0.4, -0.2) is 41.1 Å². The summed E-state index contributed by atoms with van der Waals surface area (Å²) in [7, 11) is 0. The van der Waals surface area contributed by atoms with Crippen molar-refractivity contribution in [2.75, 3.05) is 6.54 Å². The number of carboxylic acid groups (broad SMARTS) is 1. The Morgan fingerprint density at radius 1 is 1.20 bits per heavy atom. The number of hydrogen-bond acceptors (Lipinski definition) is 3. The summed E-state index contributed by atoms with van der Waals surface area (Å²) in [4.78, 5) is 34.3. The lowest BCUT2D eigenvalue weighted by Gasteiger charge is -2.26. The number of carboxylic acids is 1. The Bertz CT molecular complexity index is 418. The molecule has 0 heterocycles. The Kier molecular flexibility index (Phi) is 4.15. The summed E-state index contributed by atoms with van der Waals surface area (Å²) in [5.41, 5.74) is -1.22. The summed E-state index contributed by atoms with van der Waals surface area (Å²) in [6.45, 7) is 1.72. The van der Waals surface area contributed by atoms with Gasteiger partial charge in [0.25, 0.3) is 0 Å². The van der Waals surface area contributed by atoms with Crippen LogP contribution in [0, 0.1) is 5.92 Å². The largest absolute Gasteiger partial charge is 0.480 e. The van der Waals surface area contributed by atoms with Crippen LogP contribution in [0.4, 0.5) is 4.79 Å². The maximum Gasteiger partial charge on any atom is 0.329 e.